The number of methoxy groups -OCH3 is 2. The third kappa shape index (κ3) is 7.27. The van der Waals surface area contributed by atoms with E-state index in [0.29, 0.717) is 24.8 Å². The van der Waals surface area contributed by atoms with E-state index in [-0.39, 0.29) is 29.7 Å². The number of carbonyl (C=O) groups is 4. The maximum Gasteiger partial charge on any atom is 0.407 e. The van der Waals surface area contributed by atoms with E-state index in [1.54, 1.807) is 11.1 Å². The van der Waals surface area contributed by atoms with Crippen molar-refractivity contribution >= 4 is 35.0 Å². The molecule has 2 saturated heterocycles. The number of H-pyrrole nitrogens is 2. The predicted molar refractivity (Wildman–Crippen MR) is 224 cm³/mol. The van der Waals surface area contributed by atoms with Gasteiger partial charge in [-0.2, -0.15) is 0 Å². The lowest BCUT2D eigenvalue weighted by atomic mass is 9.93. The number of rotatable bonds is 11. The van der Waals surface area contributed by atoms with Gasteiger partial charge in [0.2, 0.25) is 11.8 Å². The molecule has 4 N–H and O–H groups in total. The van der Waals surface area contributed by atoms with Crippen molar-refractivity contribution in [2.24, 2.45) is 17.8 Å². The molecule has 2 aliphatic heterocycles. The smallest absolute Gasteiger partial charge is 0.407 e. The quantitative estimate of drug-likeness (QED) is 0.105. The Bertz CT molecular complexity index is 2410. The first-order valence-corrected chi connectivity index (χ1v) is 20.9. The van der Waals surface area contributed by atoms with Crippen molar-refractivity contribution in [2.45, 2.75) is 90.4 Å². The number of hydrogen-bond acceptors (Lipinski definition) is 9. The van der Waals surface area contributed by atoms with Crippen LogP contribution in [0.25, 0.3) is 44.6 Å². The Morgan fingerprint density at radius 2 is 1.48 bits per heavy atom. The first kappa shape index (κ1) is 40.7. The van der Waals surface area contributed by atoms with Gasteiger partial charge in [0, 0.05) is 24.0 Å². The number of ether oxygens (including phenoxy) is 2. The van der Waals surface area contributed by atoms with Crippen LogP contribution in [0, 0.1) is 24.7 Å². The summed E-state index contributed by atoms with van der Waals surface area (Å²) in [5.41, 5.74) is 5.68. The molecule has 5 aromatic rings. The zero-order valence-corrected chi connectivity index (χ0v) is 35.3. The van der Waals surface area contributed by atoms with Crippen LogP contribution in [0.2, 0.25) is 0 Å². The Balaban J connectivity index is 1.02. The van der Waals surface area contributed by atoms with Crippen LogP contribution in [-0.2, 0) is 24.6 Å². The number of hydrogen-bond donors (Lipinski definition) is 4. The molecule has 0 spiro atoms. The fourth-order valence-electron chi connectivity index (χ4n) is 9.55. The molecule has 15 nitrogen and oxygen atoms in total. The Morgan fingerprint density at radius 3 is 2.15 bits per heavy atom. The fraction of sp³-hybridized carbons (Fsp3) is 0.467. The van der Waals surface area contributed by atoms with Crippen molar-refractivity contribution in [1.29, 1.82) is 0 Å². The number of aromatic nitrogens is 4. The molecule has 3 aromatic heterocycles. The maximum absolute atomic E-state index is 14.0. The van der Waals surface area contributed by atoms with Crippen molar-refractivity contribution in [3.63, 3.8) is 0 Å². The number of aryl methyl sites for hydroxylation is 1. The number of piperidine rings is 1. The molecular weight excluding hydrogens is 765 g/mol. The molecule has 0 radical (unpaired) electrons. The number of furan rings is 1. The van der Waals surface area contributed by atoms with E-state index in [1.807, 2.05) is 57.8 Å². The summed E-state index contributed by atoms with van der Waals surface area (Å²) in [7, 11) is 2.59. The molecule has 5 unspecified atom stereocenters. The molecular formula is C45H54N8O7. The van der Waals surface area contributed by atoms with Gasteiger partial charge >= 0.3 is 12.2 Å². The standard InChI is InChI=1S/C45H54N8O7/c1-24(2)36(50-43(56)58-6)40(54)52-18-8-9-35(52)39-46-22-34(48-39)31-15-14-30(32-19-26(5)60-38(31)32)28-10-12-29(13-11-28)33-21-47-42(49-33)45-17-16-27(20-45)23-53(45)41(55)37(25(3)4)51-44(57)59-7/h10-15,19,21-22,24-25,27,35-37H,8-9,16-18,20,23H2,1-7H3,(H,46,48)(H,47,49)(H,50,56)(H,51,57). The SMILES string of the molecule is COC(=O)NC(C(=O)N1CCCC1c1ncc(-c2ccc(-c3ccc(-c4cnc(C56CCC(CN5C(=O)C(NC(=O)OC)C(C)C)C6)[nH]4)cc3)c3cc(C)oc23)[nH]1)C(C)C. The van der Waals surface area contributed by atoms with Crippen LogP contribution in [0.4, 0.5) is 9.59 Å². The molecule has 2 aromatic carbocycles. The molecule has 3 fully saturated rings. The number of nitrogens with one attached hydrogen (secondary N) is 4. The summed E-state index contributed by atoms with van der Waals surface area (Å²) in [6, 6.07) is 12.8. The Hall–Kier alpha value is -6.12. The number of aromatic amines is 2. The van der Waals surface area contributed by atoms with Crippen molar-refractivity contribution in [2.75, 3.05) is 27.3 Å². The van der Waals surface area contributed by atoms with E-state index < -0.39 is 29.8 Å². The van der Waals surface area contributed by atoms with Crippen LogP contribution in [0.15, 0.2) is 59.3 Å². The highest BCUT2D eigenvalue weighted by atomic mass is 16.5. The molecule has 15 heteroatoms. The lowest BCUT2D eigenvalue weighted by molar-refractivity contribution is -0.140. The van der Waals surface area contributed by atoms with Crippen LogP contribution in [0.1, 0.15) is 83.2 Å². The van der Waals surface area contributed by atoms with Crippen molar-refractivity contribution in [3.05, 3.63) is 72.3 Å². The van der Waals surface area contributed by atoms with Crippen LogP contribution < -0.4 is 10.6 Å². The summed E-state index contributed by atoms with van der Waals surface area (Å²) >= 11 is 0. The monoisotopic (exact) mass is 818 g/mol. The van der Waals surface area contributed by atoms with E-state index in [9.17, 15) is 19.2 Å². The molecule has 316 valence electrons. The molecule has 4 amide bonds. The first-order valence-electron chi connectivity index (χ1n) is 20.9. The van der Waals surface area contributed by atoms with Gasteiger partial charge in [0.25, 0.3) is 0 Å². The normalized spacial score (nSPS) is 20.9. The van der Waals surface area contributed by atoms with Crippen molar-refractivity contribution in [3.8, 4) is 33.6 Å². The third-order valence-electron chi connectivity index (χ3n) is 12.7. The highest BCUT2D eigenvalue weighted by molar-refractivity contribution is 6.02. The van der Waals surface area contributed by atoms with E-state index in [4.69, 9.17) is 23.9 Å². The Labute approximate surface area is 349 Å². The van der Waals surface area contributed by atoms with E-state index in [1.165, 1.54) is 14.2 Å². The van der Waals surface area contributed by atoms with Gasteiger partial charge in [-0.25, -0.2) is 19.6 Å². The second kappa shape index (κ2) is 16.1. The molecule has 5 atom stereocenters. The van der Waals surface area contributed by atoms with Gasteiger partial charge in [-0.15, -0.1) is 0 Å². The minimum atomic E-state index is -0.714. The zero-order chi connectivity index (χ0) is 42.5. The summed E-state index contributed by atoms with van der Waals surface area (Å²) < 4.78 is 15.9. The first-order chi connectivity index (χ1) is 28.8. The van der Waals surface area contributed by atoms with E-state index >= 15 is 0 Å². The van der Waals surface area contributed by atoms with E-state index in [0.717, 1.165) is 88.3 Å². The second-order valence-corrected chi connectivity index (χ2v) is 17.2. The summed E-state index contributed by atoms with van der Waals surface area (Å²) in [6.45, 7) is 10.8. The van der Waals surface area contributed by atoms with Gasteiger partial charge in [0.15, 0.2) is 0 Å². The Morgan fingerprint density at radius 1 is 0.833 bits per heavy atom. The average Bonchev–Trinajstić information content (AvgIpc) is 4.10. The largest absolute Gasteiger partial charge is 0.461 e. The lowest BCUT2D eigenvalue weighted by Gasteiger charge is -2.40. The summed E-state index contributed by atoms with van der Waals surface area (Å²) in [4.78, 5) is 72.3. The minimum absolute atomic E-state index is 0.113. The number of likely N-dealkylation sites (tertiary alicyclic amines) is 2. The highest BCUT2D eigenvalue weighted by Gasteiger charge is 2.56. The topological polar surface area (TPSA) is 188 Å². The lowest BCUT2D eigenvalue weighted by Crippen LogP contribution is -2.56. The highest BCUT2D eigenvalue weighted by Crippen LogP contribution is 2.52. The predicted octanol–water partition coefficient (Wildman–Crippen LogP) is 7.45. The van der Waals surface area contributed by atoms with Crippen molar-refractivity contribution in [1.82, 2.24) is 40.4 Å². The van der Waals surface area contributed by atoms with Gasteiger partial charge in [0.1, 0.15) is 40.6 Å². The molecule has 2 bridgehead atoms. The molecule has 1 aliphatic carbocycles. The van der Waals surface area contributed by atoms with Crippen molar-refractivity contribution < 1.29 is 33.1 Å². The number of carbonyl (C=O) groups excluding carboxylic acids is 4. The van der Waals surface area contributed by atoms with Crippen LogP contribution in [0.5, 0.6) is 0 Å². The number of benzene rings is 2. The van der Waals surface area contributed by atoms with Gasteiger partial charge in [-0.05, 0) is 85.6 Å². The molecule has 5 heterocycles. The number of nitrogens with zero attached hydrogens (tertiary/aromatic N) is 4. The van der Waals surface area contributed by atoms with Crippen LogP contribution >= 0.6 is 0 Å². The molecule has 3 aliphatic rings. The number of imidazole rings is 2. The van der Waals surface area contributed by atoms with Crippen LogP contribution in [0.3, 0.4) is 0 Å². The summed E-state index contributed by atoms with van der Waals surface area (Å²) in [5, 5.41) is 6.43. The van der Waals surface area contributed by atoms with Gasteiger partial charge < -0.3 is 44.3 Å². The number of amides is 4. The maximum atomic E-state index is 14.0. The Kier molecular flexibility index (Phi) is 10.9. The minimum Gasteiger partial charge on any atom is -0.461 e. The number of fused-ring (bicyclic) bond motifs is 3. The second-order valence-electron chi connectivity index (χ2n) is 17.2. The average molecular weight is 819 g/mol. The summed E-state index contributed by atoms with van der Waals surface area (Å²) in [5.74, 6) is 2.10. The van der Waals surface area contributed by atoms with E-state index in [2.05, 4.69) is 50.9 Å². The number of alkyl carbamates (subject to hydrolysis) is 2. The zero-order valence-electron chi connectivity index (χ0n) is 35.3. The molecule has 1 saturated carbocycles. The third-order valence-corrected chi connectivity index (χ3v) is 12.7. The van der Waals surface area contributed by atoms with Crippen LogP contribution in [-0.4, -0.2) is 93.1 Å². The summed E-state index contributed by atoms with van der Waals surface area (Å²) in [6.07, 6.45) is 6.60. The van der Waals surface area contributed by atoms with Gasteiger partial charge in [0.05, 0.1) is 44.0 Å². The van der Waals surface area contributed by atoms with Gasteiger partial charge in [-0.1, -0.05) is 58.0 Å². The molecule has 60 heavy (non-hydrogen) atoms. The molecule has 8 rings (SSSR count). The van der Waals surface area contributed by atoms with Gasteiger partial charge in [-0.3, -0.25) is 9.59 Å². The fourth-order valence-corrected chi connectivity index (χ4v) is 9.55.